The largest absolute Gasteiger partial charge is 0.339 e. The number of carbonyl (C=O) groups excluding carboxylic acids is 2. The molecule has 1 saturated carbocycles. The molecule has 1 aromatic heterocycles. The van der Waals surface area contributed by atoms with Crippen molar-refractivity contribution < 1.29 is 19.3 Å². The van der Waals surface area contributed by atoms with Crippen LogP contribution >= 0.6 is 0 Å². The second kappa shape index (κ2) is 10.3. The van der Waals surface area contributed by atoms with E-state index >= 15 is 0 Å². The lowest BCUT2D eigenvalue weighted by Crippen LogP contribution is -2.24. The summed E-state index contributed by atoms with van der Waals surface area (Å²) >= 11 is 0. The number of nitrogens with one attached hydrogen (secondary N) is 1. The van der Waals surface area contributed by atoms with Gasteiger partial charge in [-0.1, -0.05) is 50.1 Å². The SMILES string of the molecule is CC(=O)N(C)Cc1noc([C@H](CCCC2CCCCC2)CC(=O)NO)n1. The van der Waals surface area contributed by atoms with Gasteiger partial charge in [-0.3, -0.25) is 14.8 Å². The highest BCUT2D eigenvalue weighted by molar-refractivity contribution is 5.75. The van der Waals surface area contributed by atoms with E-state index in [-0.39, 0.29) is 24.8 Å². The van der Waals surface area contributed by atoms with Crippen molar-refractivity contribution in [1.29, 1.82) is 0 Å². The van der Waals surface area contributed by atoms with Crippen LogP contribution in [0.3, 0.4) is 0 Å². The van der Waals surface area contributed by atoms with Gasteiger partial charge >= 0.3 is 0 Å². The summed E-state index contributed by atoms with van der Waals surface area (Å²) in [6.07, 6.45) is 9.56. The number of carbonyl (C=O) groups is 2. The quantitative estimate of drug-likeness (QED) is 0.514. The molecule has 2 amide bonds. The molecule has 1 aliphatic carbocycles. The lowest BCUT2D eigenvalue weighted by Gasteiger charge is -2.22. The molecule has 1 aromatic rings. The van der Waals surface area contributed by atoms with Gasteiger partial charge < -0.3 is 9.42 Å². The number of hydrogen-bond acceptors (Lipinski definition) is 6. The topological polar surface area (TPSA) is 109 Å². The number of aromatic nitrogens is 2. The summed E-state index contributed by atoms with van der Waals surface area (Å²) in [4.78, 5) is 28.8. The maximum absolute atomic E-state index is 11.6. The fourth-order valence-electron chi connectivity index (χ4n) is 3.53. The van der Waals surface area contributed by atoms with E-state index in [1.54, 1.807) is 12.5 Å². The molecular formula is C18H30N4O4. The van der Waals surface area contributed by atoms with Crippen molar-refractivity contribution in [2.24, 2.45) is 5.92 Å². The number of nitrogens with zero attached hydrogens (tertiary/aromatic N) is 3. The highest BCUT2D eigenvalue weighted by Gasteiger charge is 2.23. The molecule has 8 nitrogen and oxygen atoms in total. The molecule has 146 valence electrons. The number of hydrogen-bond donors (Lipinski definition) is 2. The van der Waals surface area contributed by atoms with E-state index in [9.17, 15) is 9.59 Å². The summed E-state index contributed by atoms with van der Waals surface area (Å²) in [5, 5.41) is 12.8. The Balaban J connectivity index is 1.93. The standard InChI is InChI=1S/C18H30N4O4/c1-13(23)22(2)12-16-19-18(26-21-16)15(11-17(24)20-25)10-6-9-14-7-4-3-5-8-14/h14-15,25H,3-12H2,1-2H3,(H,20,24)/t15-/m1/s1. The van der Waals surface area contributed by atoms with E-state index in [2.05, 4.69) is 10.1 Å². The minimum absolute atomic E-state index is 0.0833. The Morgan fingerprint density at radius 2 is 2.08 bits per heavy atom. The van der Waals surface area contributed by atoms with Crippen LogP contribution in [0.15, 0.2) is 4.52 Å². The van der Waals surface area contributed by atoms with Gasteiger partial charge in [-0.2, -0.15) is 4.98 Å². The van der Waals surface area contributed by atoms with Crippen LogP contribution in [-0.2, 0) is 16.1 Å². The first kappa shape index (κ1) is 20.4. The molecule has 1 aliphatic rings. The molecule has 0 aromatic carbocycles. The van der Waals surface area contributed by atoms with E-state index in [0.29, 0.717) is 11.7 Å². The molecular weight excluding hydrogens is 336 g/mol. The molecule has 1 heterocycles. The number of rotatable bonds is 9. The fourth-order valence-corrected chi connectivity index (χ4v) is 3.53. The Bertz CT molecular complexity index is 584. The summed E-state index contributed by atoms with van der Waals surface area (Å²) in [5.74, 6) is 0.810. The van der Waals surface area contributed by atoms with Gasteiger partial charge in [0.15, 0.2) is 5.82 Å². The van der Waals surface area contributed by atoms with Crippen LogP contribution in [0.5, 0.6) is 0 Å². The zero-order valence-corrected chi connectivity index (χ0v) is 15.7. The van der Waals surface area contributed by atoms with Gasteiger partial charge in [0, 0.05) is 26.3 Å². The highest BCUT2D eigenvalue weighted by atomic mass is 16.5. The first-order chi connectivity index (χ1) is 12.5. The van der Waals surface area contributed by atoms with Crippen LogP contribution < -0.4 is 5.48 Å². The molecule has 26 heavy (non-hydrogen) atoms. The van der Waals surface area contributed by atoms with Crippen molar-refractivity contribution >= 4 is 11.8 Å². The zero-order chi connectivity index (χ0) is 18.9. The molecule has 8 heteroatoms. The minimum atomic E-state index is -0.465. The average Bonchev–Trinajstić information content (AvgIpc) is 3.09. The number of hydroxylamine groups is 1. The molecule has 1 atom stereocenters. The third-order valence-corrected chi connectivity index (χ3v) is 5.20. The molecule has 0 spiro atoms. The molecule has 0 radical (unpaired) electrons. The summed E-state index contributed by atoms with van der Waals surface area (Å²) in [6, 6.07) is 0. The first-order valence-electron chi connectivity index (χ1n) is 9.46. The monoisotopic (exact) mass is 366 g/mol. The van der Waals surface area contributed by atoms with Crippen LogP contribution in [0.4, 0.5) is 0 Å². The maximum Gasteiger partial charge on any atom is 0.244 e. The Morgan fingerprint density at radius 3 is 2.73 bits per heavy atom. The highest BCUT2D eigenvalue weighted by Crippen LogP contribution is 2.31. The second-order valence-corrected chi connectivity index (χ2v) is 7.29. The van der Waals surface area contributed by atoms with Crippen molar-refractivity contribution in [3.8, 4) is 0 Å². The van der Waals surface area contributed by atoms with Gasteiger partial charge in [0.2, 0.25) is 17.7 Å². The van der Waals surface area contributed by atoms with Crippen molar-refractivity contribution in [2.75, 3.05) is 7.05 Å². The van der Waals surface area contributed by atoms with Crippen molar-refractivity contribution in [3.63, 3.8) is 0 Å². The van der Waals surface area contributed by atoms with Crippen LogP contribution in [-0.4, -0.2) is 39.1 Å². The van der Waals surface area contributed by atoms with Crippen LogP contribution in [0.1, 0.15) is 82.3 Å². The smallest absolute Gasteiger partial charge is 0.244 e. The third kappa shape index (κ3) is 6.40. The Morgan fingerprint density at radius 1 is 1.35 bits per heavy atom. The van der Waals surface area contributed by atoms with E-state index < -0.39 is 5.91 Å². The summed E-state index contributed by atoms with van der Waals surface area (Å²) in [6.45, 7) is 1.74. The first-order valence-corrected chi connectivity index (χ1v) is 9.46. The summed E-state index contributed by atoms with van der Waals surface area (Å²) in [7, 11) is 1.67. The Labute approximate surface area is 154 Å². The van der Waals surface area contributed by atoms with Crippen LogP contribution in [0, 0.1) is 5.92 Å². The van der Waals surface area contributed by atoms with Gasteiger partial charge in [0.05, 0.1) is 6.54 Å². The van der Waals surface area contributed by atoms with Crippen molar-refractivity contribution in [2.45, 2.75) is 77.2 Å². The van der Waals surface area contributed by atoms with Gasteiger partial charge in [0.1, 0.15) is 0 Å². The lowest BCUT2D eigenvalue weighted by atomic mass is 9.84. The van der Waals surface area contributed by atoms with Gasteiger partial charge in [0.25, 0.3) is 0 Å². The van der Waals surface area contributed by atoms with Crippen molar-refractivity contribution in [3.05, 3.63) is 11.7 Å². The molecule has 0 bridgehead atoms. The molecule has 0 unspecified atom stereocenters. The summed E-state index contributed by atoms with van der Waals surface area (Å²) in [5.41, 5.74) is 1.68. The molecule has 0 aliphatic heterocycles. The number of amides is 2. The predicted molar refractivity (Wildman–Crippen MR) is 94.2 cm³/mol. The molecule has 0 saturated heterocycles. The predicted octanol–water partition coefficient (Wildman–Crippen LogP) is 2.78. The van der Waals surface area contributed by atoms with E-state index in [1.807, 2.05) is 0 Å². The van der Waals surface area contributed by atoms with Gasteiger partial charge in [-0.05, 0) is 12.3 Å². The van der Waals surface area contributed by atoms with Gasteiger partial charge in [-0.25, -0.2) is 5.48 Å². The molecule has 2 N–H and O–H groups in total. The van der Waals surface area contributed by atoms with E-state index in [4.69, 9.17) is 9.73 Å². The third-order valence-electron chi connectivity index (χ3n) is 5.20. The average molecular weight is 366 g/mol. The second-order valence-electron chi connectivity index (χ2n) is 7.29. The summed E-state index contributed by atoms with van der Waals surface area (Å²) < 4.78 is 5.33. The van der Waals surface area contributed by atoms with Crippen LogP contribution in [0.2, 0.25) is 0 Å². The zero-order valence-electron chi connectivity index (χ0n) is 15.7. The van der Waals surface area contributed by atoms with Gasteiger partial charge in [-0.15, -0.1) is 0 Å². The van der Waals surface area contributed by atoms with Crippen molar-refractivity contribution in [1.82, 2.24) is 20.5 Å². The maximum atomic E-state index is 11.6. The Kier molecular flexibility index (Phi) is 8.03. The Hall–Kier alpha value is -1.96. The minimum Gasteiger partial charge on any atom is -0.339 e. The van der Waals surface area contributed by atoms with E-state index in [0.717, 1.165) is 25.2 Å². The normalized spacial score (nSPS) is 16.3. The van der Waals surface area contributed by atoms with Crippen LogP contribution in [0.25, 0.3) is 0 Å². The molecule has 2 rings (SSSR count). The fraction of sp³-hybridized carbons (Fsp3) is 0.778. The molecule has 1 fully saturated rings. The van der Waals surface area contributed by atoms with E-state index in [1.165, 1.54) is 43.9 Å². The lowest BCUT2D eigenvalue weighted by molar-refractivity contribution is -0.130.